The summed E-state index contributed by atoms with van der Waals surface area (Å²) in [4.78, 5) is 4.60. The van der Waals surface area contributed by atoms with Gasteiger partial charge in [-0.05, 0) is 26.7 Å². The molecule has 0 aromatic carbocycles. The summed E-state index contributed by atoms with van der Waals surface area (Å²) in [6, 6.07) is 0.571. The minimum atomic E-state index is 0. The first-order valence-corrected chi connectivity index (χ1v) is 7.25. The zero-order chi connectivity index (χ0) is 13.5. The molecule has 2 rings (SSSR count). The summed E-state index contributed by atoms with van der Waals surface area (Å²) in [5.41, 5.74) is 0. The van der Waals surface area contributed by atoms with Crippen LogP contribution in [0, 0.1) is 0 Å². The van der Waals surface area contributed by atoms with E-state index in [4.69, 9.17) is 0 Å². The van der Waals surface area contributed by atoms with Crippen molar-refractivity contribution in [3.63, 3.8) is 0 Å². The summed E-state index contributed by atoms with van der Waals surface area (Å²) >= 11 is 0. The van der Waals surface area contributed by atoms with Gasteiger partial charge in [0.25, 0.3) is 0 Å². The van der Waals surface area contributed by atoms with Crippen LogP contribution < -0.4 is 10.6 Å². The number of nitrogens with zero attached hydrogens (tertiary/aromatic N) is 4. The summed E-state index contributed by atoms with van der Waals surface area (Å²) in [5, 5.41) is 14.8. The standard InChI is InChI=1S/C13H24N6.HI/c1-3-14-13(17-11-7-5-6-8-11)15-9-12-18-16-10-19(12)4-2;/h10-11H,3-9H2,1-2H3,(H2,14,15,17);1H. The van der Waals surface area contributed by atoms with E-state index in [0.29, 0.717) is 12.6 Å². The number of rotatable bonds is 5. The van der Waals surface area contributed by atoms with Crippen LogP contribution in [0.25, 0.3) is 0 Å². The molecule has 2 N–H and O–H groups in total. The third kappa shape index (κ3) is 4.92. The zero-order valence-corrected chi connectivity index (χ0v) is 14.6. The maximum Gasteiger partial charge on any atom is 0.191 e. The molecule has 114 valence electrons. The first-order valence-electron chi connectivity index (χ1n) is 7.25. The van der Waals surface area contributed by atoms with E-state index in [0.717, 1.165) is 24.9 Å². The molecule has 1 aliphatic carbocycles. The molecule has 20 heavy (non-hydrogen) atoms. The second kappa shape index (κ2) is 9.15. The molecule has 0 spiro atoms. The van der Waals surface area contributed by atoms with Gasteiger partial charge in [-0.25, -0.2) is 4.99 Å². The van der Waals surface area contributed by atoms with Gasteiger partial charge in [-0.15, -0.1) is 34.2 Å². The topological polar surface area (TPSA) is 67.1 Å². The average molecular weight is 392 g/mol. The Kier molecular flexibility index (Phi) is 7.86. The molecule has 0 unspecified atom stereocenters. The average Bonchev–Trinajstić information content (AvgIpc) is 3.07. The summed E-state index contributed by atoms with van der Waals surface area (Å²) in [6.07, 6.45) is 6.88. The van der Waals surface area contributed by atoms with Crippen molar-refractivity contribution in [2.75, 3.05) is 6.54 Å². The Morgan fingerprint density at radius 2 is 2.15 bits per heavy atom. The number of halogens is 1. The fourth-order valence-electron chi connectivity index (χ4n) is 2.40. The Labute approximate surface area is 137 Å². The Morgan fingerprint density at radius 3 is 2.80 bits per heavy atom. The molecule has 0 aliphatic heterocycles. The first kappa shape index (κ1) is 17.2. The van der Waals surface area contributed by atoms with Crippen molar-refractivity contribution in [3.8, 4) is 0 Å². The van der Waals surface area contributed by atoms with Crippen molar-refractivity contribution in [3.05, 3.63) is 12.2 Å². The smallest absolute Gasteiger partial charge is 0.191 e. The van der Waals surface area contributed by atoms with Crippen LogP contribution >= 0.6 is 24.0 Å². The summed E-state index contributed by atoms with van der Waals surface area (Å²) in [6.45, 7) is 6.48. The summed E-state index contributed by atoms with van der Waals surface area (Å²) < 4.78 is 2.02. The number of hydrogen-bond donors (Lipinski definition) is 2. The van der Waals surface area contributed by atoms with E-state index in [-0.39, 0.29) is 24.0 Å². The minimum absolute atomic E-state index is 0. The van der Waals surface area contributed by atoms with Gasteiger partial charge in [0.15, 0.2) is 11.8 Å². The lowest BCUT2D eigenvalue weighted by Crippen LogP contribution is -2.42. The van der Waals surface area contributed by atoms with Crippen LogP contribution in [0.4, 0.5) is 0 Å². The molecule has 0 saturated heterocycles. The number of guanidine groups is 1. The fraction of sp³-hybridized carbons (Fsp3) is 0.769. The van der Waals surface area contributed by atoms with Crippen LogP contribution in [0.2, 0.25) is 0 Å². The Hall–Kier alpha value is -0.860. The van der Waals surface area contributed by atoms with Crippen molar-refractivity contribution >= 4 is 29.9 Å². The molecule has 1 fully saturated rings. The van der Waals surface area contributed by atoms with E-state index in [1.165, 1.54) is 25.7 Å². The number of hydrogen-bond acceptors (Lipinski definition) is 3. The Bertz CT molecular complexity index is 411. The lowest BCUT2D eigenvalue weighted by Gasteiger charge is -2.16. The third-order valence-electron chi connectivity index (χ3n) is 3.46. The quantitative estimate of drug-likeness (QED) is 0.457. The predicted octanol–water partition coefficient (Wildman–Crippen LogP) is 1.91. The van der Waals surface area contributed by atoms with E-state index in [1.807, 2.05) is 4.57 Å². The molecule has 1 aromatic rings. The number of aromatic nitrogens is 3. The van der Waals surface area contributed by atoms with Crippen molar-refractivity contribution in [1.29, 1.82) is 0 Å². The largest absolute Gasteiger partial charge is 0.357 e. The van der Waals surface area contributed by atoms with Crippen molar-refractivity contribution < 1.29 is 0 Å². The molecule has 1 aliphatic rings. The number of aliphatic imine (C=N–C) groups is 1. The lowest BCUT2D eigenvalue weighted by atomic mass is 10.2. The molecule has 1 saturated carbocycles. The molecule has 0 amide bonds. The van der Waals surface area contributed by atoms with Crippen molar-refractivity contribution in [2.45, 2.75) is 58.7 Å². The first-order chi connectivity index (χ1) is 9.33. The highest BCUT2D eigenvalue weighted by molar-refractivity contribution is 14.0. The van der Waals surface area contributed by atoms with Crippen LogP contribution in [0.1, 0.15) is 45.4 Å². The van der Waals surface area contributed by atoms with Crippen LogP contribution in [0.3, 0.4) is 0 Å². The lowest BCUT2D eigenvalue weighted by molar-refractivity contribution is 0.611. The van der Waals surface area contributed by atoms with Gasteiger partial charge in [-0.2, -0.15) is 0 Å². The Morgan fingerprint density at radius 1 is 1.40 bits per heavy atom. The second-order valence-corrected chi connectivity index (χ2v) is 4.85. The molecule has 1 heterocycles. The van der Waals surface area contributed by atoms with E-state index >= 15 is 0 Å². The SMILES string of the molecule is CCNC(=NCc1nncn1CC)NC1CCCC1.I. The zero-order valence-electron chi connectivity index (χ0n) is 12.3. The second-order valence-electron chi connectivity index (χ2n) is 4.85. The van der Waals surface area contributed by atoms with Gasteiger partial charge in [0.05, 0.1) is 0 Å². The molecule has 0 radical (unpaired) electrons. The van der Waals surface area contributed by atoms with Crippen LogP contribution in [-0.4, -0.2) is 33.3 Å². The predicted molar refractivity (Wildman–Crippen MR) is 91.3 cm³/mol. The van der Waals surface area contributed by atoms with Crippen LogP contribution in [0.5, 0.6) is 0 Å². The van der Waals surface area contributed by atoms with Gasteiger partial charge in [0.1, 0.15) is 12.9 Å². The molecule has 0 bridgehead atoms. The number of aryl methyl sites for hydroxylation is 1. The highest BCUT2D eigenvalue weighted by atomic mass is 127. The minimum Gasteiger partial charge on any atom is -0.357 e. The third-order valence-corrected chi connectivity index (χ3v) is 3.46. The molecule has 1 aromatic heterocycles. The Balaban J connectivity index is 0.00000200. The van der Waals surface area contributed by atoms with Gasteiger partial charge in [0.2, 0.25) is 0 Å². The molecule has 0 atom stereocenters. The van der Waals surface area contributed by atoms with Crippen LogP contribution in [0.15, 0.2) is 11.3 Å². The summed E-state index contributed by atoms with van der Waals surface area (Å²) in [7, 11) is 0. The maximum atomic E-state index is 4.60. The van der Waals surface area contributed by atoms with Gasteiger partial charge in [-0.3, -0.25) is 0 Å². The summed E-state index contributed by atoms with van der Waals surface area (Å²) in [5.74, 6) is 1.80. The normalized spacial score (nSPS) is 16.0. The van der Waals surface area contributed by atoms with E-state index in [1.54, 1.807) is 6.33 Å². The fourth-order valence-corrected chi connectivity index (χ4v) is 2.40. The van der Waals surface area contributed by atoms with Gasteiger partial charge < -0.3 is 15.2 Å². The van der Waals surface area contributed by atoms with Crippen LogP contribution in [-0.2, 0) is 13.1 Å². The molecule has 6 nitrogen and oxygen atoms in total. The molecular weight excluding hydrogens is 367 g/mol. The number of nitrogens with one attached hydrogen (secondary N) is 2. The molecular formula is C13H25IN6. The van der Waals surface area contributed by atoms with E-state index in [2.05, 4.69) is 39.7 Å². The highest BCUT2D eigenvalue weighted by Crippen LogP contribution is 2.17. The maximum absolute atomic E-state index is 4.60. The molecule has 7 heteroatoms. The van der Waals surface area contributed by atoms with E-state index in [9.17, 15) is 0 Å². The monoisotopic (exact) mass is 392 g/mol. The van der Waals surface area contributed by atoms with E-state index < -0.39 is 0 Å². The van der Waals surface area contributed by atoms with Crippen molar-refractivity contribution in [2.24, 2.45) is 4.99 Å². The van der Waals surface area contributed by atoms with Gasteiger partial charge in [0, 0.05) is 19.1 Å². The van der Waals surface area contributed by atoms with Gasteiger partial charge >= 0.3 is 0 Å². The van der Waals surface area contributed by atoms with Crippen molar-refractivity contribution in [1.82, 2.24) is 25.4 Å². The highest BCUT2D eigenvalue weighted by Gasteiger charge is 2.15. The van der Waals surface area contributed by atoms with Gasteiger partial charge in [-0.1, -0.05) is 12.8 Å².